The first-order valence-electron chi connectivity index (χ1n) is 11.4. The van der Waals surface area contributed by atoms with Gasteiger partial charge in [-0.05, 0) is 60.9 Å². The number of amides is 2. The molecule has 2 heterocycles. The molecule has 6 nitrogen and oxygen atoms in total. The first-order valence-corrected chi connectivity index (χ1v) is 11.4. The zero-order chi connectivity index (χ0) is 22.6. The predicted octanol–water partition coefficient (Wildman–Crippen LogP) is 5.54. The fourth-order valence-corrected chi connectivity index (χ4v) is 4.36. The van der Waals surface area contributed by atoms with Crippen LogP contribution in [0.25, 0.3) is 22.2 Å². The van der Waals surface area contributed by atoms with Crippen molar-refractivity contribution in [2.45, 2.75) is 38.1 Å². The van der Waals surface area contributed by atoms with Gasteiger partial charge in [0.15, 0.2) is 0 Å². The summed E-state index contributed by atoms with van der Waals surface area (Å²) >= 11 is 0. The van der Waals surface area contributed by atoms with Gasteiger partial charge in [0.25, 0.3) is 11.8 Å². The molecular formula is C27H26N4O2. The zero-order valence-electron chi connectivity index (χ0n) is 18.3. The number of fused-ring (bicyclic) bond motifs is 1. The number of benzene rings is 2. The van der Waals surface area contributed by atoms with Crippen LogP contribution in [-0.4, -0.2) is 27.8 Å². The molecule has 2 aromatic carbocycles. The predicted molar refractivity (Wildman–Crippen MR) is 130 cm³/mol. The molecule has 1 aliphatic rings. The van der Waals surface area contributed by atoms with Gasteiger partial charge in [0.1, 0.15) is 5.69 Å². The molecular weight excluding hydrogens is 412 g/mol. The van der Waals surface area contributed by atoms with E-state index in [0.29, 0.717) is 16.9 Å². The SMILES string of the molecule is O=C(NC1CCCCC1)c1ccc2cc(-c3ccc(NC(=O)c4ccccn4)cc3)[nH]c2c1. The molecule has 1 fully saturated rings. The number of carbonyl (C=O) groups is 2. The molecule has 2 amide bonds. The zero-order valence-corrected chi connectivity index (χ0v) is 18.3. The Bertz CT molecular complexity index is 1270. The van der Waals surface area contributed by atoms with Crippen LogP contribution in [0.3, 0.4) is 0 Å². The molecule has 0 radical (unpaired) electrons. The third-order valence-electron chi connectivity index (χ3n) is 6.18. The highest BCUT2D eigenvalue weighted by molar-refractivity contribution is 6.03. The Labute approximate surface area is 192 Å². The number of aromatic nitrogens is 2. The number of pyridine rings is 1. The van der Waals surface area contributed by atoms with Crippen LogP contribution >= 0.6 is 0 Å². The van der Waals surface area contributed by atoms with Crippen LogP contribution in [0.2, 0.25) is 0 Å². The Balaban J connectivity index is 1.29. The van der Waals surface area contributed by atoms with E-state index in [4.69, 9.17) is 0 Å². The molecule has 1 aliphatic carbocycles. The average molecular weight is 439 g/mol. The standard InChI is InChI=1S/C27H26N4O2/c32-26(29-21-6-2-1-3-7-21)20-10-9-19-16-24(31-25(19)17-20)18-11-13-22(14-12-18)30-27(33)23-8-4-5-15-28-23/h4-5,8-17,21,31H,1-3,6-7H2,(H,29,32)(H,30,33). The summed E-state index contributed by atoms with van der Waals surface area (Å²) in [7, 11) is 0. The van der Waals surface area contributed by atoms with Crippen LogP contribution in [0.4, 0.5) is 5.69 Å². The van der Waals surface area contributed by atoms with Gasteiger partial charge in [-0.2, -0.15) is 0 Å². The van der Waals surface area contributed by atoms with Crippen molar-refractivity contribution in [1.29, 1.82) is 0 Å². The Hall–Kier alpha value is -3.93. The molecule has 0 saturated heterocycles. The topological polar surface area (TPSA) is 86.9 Å². The van der Waals surface area contributed by atoms with Crippen molar-refractivity contribution in [3.8, 4) is 11.3 Å². The lowest BCUT2D eigenvalue weighted by Gasteiger charge is -2.22. The smallest absolute Gasteiger partial charge is 0.274 e. The molecule has 0 spiro atoms. The number of nitrogens with zero attached hydrogens (tertiary/aromatic N) is 1. The van der Waals surface area contributed by atoms with Gasteiger partial charge in [-0.1, -0.05) is 43.5 Å². The quantitative estimate of drug-likeness (QED) is 0.382. The molecule has 0 unspecified atom stereocenters. The fraction of sp³-hybridized carbons (Fsp3) is 0.222. The minimum absolute atomic E-state index is 0.00653. The van der Waals surface area contributed by atoms with Gasteiger partial charge in [0.05, 0.1) is 0 Å². The van der Waals surface area contributed by atoms with Crippen molar-refractivity contribution < 1.29 is 9.59 Å². The number of anilines is 1. The fourth-order valence-electron chi connectivity index (χ4n) is 4.36. The first kappa shape index (κ1) is 20.9. The summed E-state index contributed by atoms with van der Waals surface area (Å²) in [6.45, 7) is 0. The minimum Gasteiger partial charge on any atom is -0.355 e. The van der Waals surface area contributed by atoms with Gasteiger partial charge in [0.2, 0.25) is 0 Å². The van der Waals surface area contributed by atoms with Gasteiger partial charge in [0, 0.05) is 40.1 Å². The molecule has 0 aliphatic heterocycles. The van der Waals surface area contributed by atoms with E-state index in [1.54, 1.807) is 24.4 Å². The van der Waals surface area contributed by atoms with Crippen LogP contribution in [0.5, 0.6) is 0 Å². The lowest BCUT2D eigenvalue weighted by Crippen LogP contribution is -2.36. The van der Waals surface area contributed by atoms with E-state index in [0.717, 1.165) is 35.0 Å². The molecule has 33 heavy (non-hydrogen) atoms. The normalized spacial score (nSPS) is 14.2. The number of aromatic amines is 1. The van der Waals surface area contributed by atoms with Gasteiger partial charge < -0.3 is 15.6 Å². The second-order valence-electron chi connectivity index (χ2n) is 8.54. The van der Waals surface area contributed by atoms with Crippen molar-refractivity contribution in [2.24, 2.45) is 0 Å². The molecule has 3 N–H and O–H groups in total. The second kappa shape index (κ2) is 9.28. The lowest BCUT2D eigenvalue weighted by molar-refractivity contribution is 0.0927. The highest BCUT2D eigenvalue weighted by atomic mass is 16.2. The highest BCUT2D eigenvalue weighted by Crippen LogP contribution is 2.26. The summed E-state index contributed by atoms with van der Waals surface area (Å²) in [4.78, 5) is 32.5. The van der Waals surface area contributed by atoms with Crippen LogP contribution in [-0.2, 0) is 0 Å². The second-order valence-corrected chi connectivity index (χ2v) is 8.54. The molecule has 166 valence electrons. The molecule has 0 bridgehead atoms. The monoisotopic (exact) mass is 438 g/mol. The van der Waals surface area contributed by atoms with Crippen molar-refractivity contribution in [3.05, 3.63) is 84.2 Å². The van der Waals surface area contributed by atoms with Gasteiger partial charge in [-0.3, -0.25) is 14.6 Å². The maximum absolute atomic E-state index is 12.7. The summed E-state index contributed by atoms with van der Waals surface area (Å²) < 4.78 is 0. The Morgan fingerprint density at radius 2 is 1.70 bits per heavy atom. The Morgan fingerprint density at radius 3 is 2.45 bits per heavy atom. The molecule has 5 rings (SSSR count). The van der Waals surface area contributed by atoms with Gasteiger partial charge >= 0.3 is 0 Å². The van der Waals surface area contributed by atoms with Gasteiger partial charge in [-0.25, -0.2) is 0 Å². The van der Waals surface area contributed by atoms with E-state index in [9.17, 15) is 9.59 Å². The summed E-state index contributed by atoms with van der Waals surface area (Å²) in [6.07, 6.45) is 7.38. The lowest BCUT2D eigenvalue weighted by atomic mass is 9.95. The number of H-pyrrole nitrogens is 1. The van der Waals surface area contributed by atoms with E-state index < -0.39 is 0 Å². The van der Waals surface area contributed by atoms with Crippen LogP contribution in [0, 0.1) is 0 Å². The molecule has 1 saturated carbocycles. The third kappa shape index (κ3) is 4.80. The van der Waals surface area contributed by atoms with Crippen molar-refractivity contribution >= 4 is 28.4 Å². The Morgan fingerprint density at radius 1 is 0.879 bits per heavy atom. The van der Waals surface area contributed by atoms with Crippen molar-refractivity contribution in [1.82, 2.24) is 15.3 Å². The highest BCUT2D eigenvalue weighted by Gasteiger charge is 2.17. The number of rotatable bonds is 5. The average Bonchev–Trinajstić information content (AvgIpc) is 3.29. The largest absolute Gasteiger partial charge is 0.355 e. The molecule has 4 aromatic rings. The summed E-state index contributed by atoms with van der Waals surface area (Å²) in [5, 5.41) is 7.09. The maximum Gasteiger partial charge on any atom is 0.274 e. The van der Waals surface area contributed by atoms with Gasteiger partial charge in [-0.15, -0.1) is 0 Å². The number of carbonyl (C=O) groups excluding carboxylic acids is 2. The summed E-state index contributed by atoms with van der Waals surface area (Å²) in [5.74, 6) is -0.249. The Kier molecular flexibility index (Phi) is 5.89. The number of hydrogen-bond donors (Lipinski definition) is 3. The van der Waals surface area contributed by atoms with E-state index >= 15 is 0 Å². The number of hydrogen-bond acceptors (Lipinski definition) is 3. The van der Waals surface area contributed by atoms with Crippen LogP contribution in [0.1, 0.15) is 53.0 Å². The minimum atomic E-state index is -0.243. The first-order chi connectivity index (χ1) is 16.2. The van der Waals surface area contributed by atoms with Crippen molar-refractivity contribution in [2.75, 3.05) is 5.32 Å². The van der Waals surface area contributed by atoms with Crippen molar-refractivity contribution in [3.63, 3.8) is 0 Å². The molecule has 2 aromatic heterocycles. The summed E-state index contributed by atoms with van der Waals surface area (Å²) in [5.41, 5.74) is 4.63. The van der Waals surface area contributed by atoms with E-state index in [1.165, 1.54) is 19.3 Å². The van der Waals surface area contributed by atoms with Crippen LogP contribution < -0.4 is 10.6 Å². The third-order valence-corrected chi connectivity index (χ3v) is 6.18. The van der Waals surface area contributed by atoms with Crippen LogP contribution in [0.15, 0.2) is 72.9 Å². The molecule has 6 heteroatoms. The molecule has 0 atom stereocenters. The maximum atomic E-state index is 12.7. The van der Waals surface area contributed by atoms with E-state index in [1.807, 2.05) is 42.5 Å². The number of nitrogens with one attached hydrogen (secondary N) is 3. The van der Waals surface area contributed by atoms with E-state index in [2.05, 4.69) is 26.7 Å². The van der Waals surface area contributed by atoms with E-state index in [-0.39, 0.29) is 17.9 Å². The summed E-state index contributed by atoms with van der Waals surface area (Å²) in [6, 6.07) is 21.0.